The van der Waals surface area contributed by atoms with Crippen LogP contribution in [0.25, 0.3) is 22.0 Å². The Kier molecular flexibility index (Phi) is 2.91. The fourth-order valence-electron chi connectivity index (χ4n) is 2.40. The van der Waals surface area contributed by atoms with E-state index in [4.69, 9.17) is 0 Å². The number of carbonyl (C=O) groups excluding carboxylic acids is 1. The van der Waals surface area contributed by atoms with Gasteiger partial charge in [0, 0.05) is 22.7 Å². The molecule has 3 rings (SSSR count). The Morgan fingerprint density at radius 3 is 2.90 bits per heavy atom. The summed E-state index contributed by atoms with van der Waals surface area (Å²) < 4.78 is 1.72. The highest BCUT2D eigenvalue weighted by molar-refractivity contribution is 6.03. The van der Waals surface area contributed by atoms with Crippen molar-refractivity contribution in [3.05, 3.63) is 60.6 Å². The number of aldehydes is 1. The second-order valence-corrected chi connectivity index (χ2v) is 4.44. The molecule has 0 bridgehead atoms. The number of pyridine rings is 1. The van der Waals surface area contributed by atoms with Crippen molar-refractivity contribution >= 4 is 28.3 Å². The monoisotopic (exact) mass is 263 g/mol. The molecule has 2 aromatic heterocycles. The first kappa shape index (κ1) is 12.3. The van der Waals surface area contributed by atoms with Crippen LogP contribution in [0, 0.1) is 0 Å². The lowest BCUT2D eigenvalue weighted by atomic mass is 9.99. The first-order chi connectivity index (χ1) is 9.78. The minimum absolute atomic E-state index is 0.625. The second kappa shape index (κ2) is 4.74. The SMILES string of the molecule is C=C/C(=C\C)c1cn2ncnc2c2cc(C=O)ccc12. The lowest BCUT2D eigenvalue weighted by Crippen LogP contribution is -1.95. The van der Waals surface area contributed by atoms with Crippen LogP contribution in [0.3, 0.4) is 0 Å². The molecule has 0 fully saturated rings. The molecule has 3 aromatic rings. The molecule has 0 saturated heterocycles. The Hall–Kier alpha value is -2.75. The van der Waals surface area contributed by atoms with Crippen molar-refractivity contribution in [2.75, 3.05) is 0 Å². The molecule has 0 aliphatic rings. The Morgan fingerprint density at radius 2 is 2.20 bits per heavy atom. The molecule has 1 aromatic carbocycles. The van der Waals surface area contributed by atoms with Gasteiger partial charge in [-0.3, -0.25) is 4.79 Å². The van der Waals surface area contributed by atoms with Crippen LogP contribution in [0.4, 0.5) is 0 Å². The molecule has 0 N–H and O–H groups in total. The van der Waals surface area contributed by atoms with Gasteiger partial charge in [-0.2, -0.15) is 5.10 Å². The van der Waals surface area contributed by atoms with E-state index in [1.165, 1.54) is 6.33 Å². The average Bonchev–Trinajstić information content (AvgIpc) is 2.96. The summed E-state index contributed by atoms with van der Waals surface area (Å²) in [6, 6.07) is 5.59. The van der Waals surface area contributed by atoms with Crippen LogP contribution in [0.5, 0.6) is 0 Å². The number of benzene rings is 1. The predicted octanol–water partition coefficient (Wildman–Crippen LogP) is 3.28. The zero-order chi connectivity index (χ0) is 14.1. The molecule has 4 heteroatoms. The number of fused-ring (bicyclic) bond motifs is 3. The molecule has 0 saturated carbocycles. The summed E-state index contributed by atoms with van der Waals surface area (Å²) in [5.74, 6) is 0. The molecule has 0 amide bonds. The van der Waals surface area contributed by atoms with Gasteiger partial charge in [0.2, 0.25) is 0 Å². The number of aromatic nitrogens is 3. The average molecular weight is 263 g/mol. The minimum atomic E-state index is 0.625. The quantitative estimate of drug-likeness (QED) is 0.538. The number of rotatable bonds is 3. The van der Waals surface area contributed by atoms with Gasteiger partial charge in [-0.1, -0.05) is 30.9 Å². The third kappa shape index (κ3) is 1.73. The standard InChI is InChI=1S/C16H13N3O/c1-3-12(4-2)15-8-19-16(17-10-18-19)14-7-11(9-20)5-6-13(14)15/h3-10H,1H2,2H3/b12-4+. The van der Waals surface area contributed by atoms with E-state index in [9.17, 15) is 4.79 Å². The molecule has 4 nitrogen and oxygen atoms in total. The maximum absolute atomic E-state index is 11.0. The third-order valence-corrected chi connectivity index (χ3v) is 3.38. The zero-order valence-electron chi connectivity index (χ0n) is 11.1. The lowest BCUT2D eigenvalue weighted by molar-refractivity contribution is 0.112. The summed E-state index contributed by atoms with van der Waals surface area (Å²) >= 11 is 0. The van der Waals surface area contributed by atoms with E-state index in [1.54, 1.807) is 4.52 Å². The van der Waals surface area contributed by atoms with E-state index in [2.05, 4.69) is 16.7 Å². The second-order valence-electron chi connectivity index (χ2n) is 4.44. The molecule has 0 aliphatic carbocycles. The highest BCUT2D eigenvalue weighted by atomic mass is 16.1. The minimum Gasteiger partial charge on any atom is -0.298 e. The Labute approximate surface area is 116 Å². The van der Waals surface area contributed by atoms with E-state index in [1.807, 2.05) is 43.5 Å². The van der Waals surface area contributed by atoms with Crippen molar-refractivity contribution in [2.45, 2.75) is 6.92 Å². The molecule has 20 heavy (non-hydrogen) atoms. The molecular weight excluding hydrogens is 250 g/mol. The molecule has 0 radical (unpaired) electrons. The summed E-state index contributed by atoms with van der Waals surface area (Å²) in [5.41, 5.74) is 3.41. The number of carbonyl (C=O) groups is 1. The number of hydrogen-bond acceptors (Lipinski definition) is 3. The van der Waals surface area contributed by atoms with Crippen LogP contribution in [0.1, 0.15) is 22.8 Å². The van der Waals surface area contributed by atoms with E-state index in [0.29, 0.717) is 5.56 Å². The van der Waals surface area contributed by atoms with Crippen LogP contribution in [-0.4, -0.2) is 20.9 Å². The van der Waals surface area contributed by atoms with Gasteiger partial charge in [-0.15, -0.1) is 0 Å². The summed E-state index contributed by atoms with van der Waals surface area (Å²) in [4.78, 5) is 15.3. The summed E-state index contributed by atoms with van der Waals surface area (Å²) in [6.07, 6.45) is 8.09. The number of nitrogens with zero attached hydrogens (tertiary/aromatic N) is 3. The summed E-state index contributed by atoms with van der Waals surface area (Å²) in [7, 11) is 0. The smallest absolute Gasteiger partial charge is 0.163 e. The van der Waals surface area contributed by atoms with Gasteiger partial charge >= 0.3 is 0 Å². The normalized spacial score (nSPS) is 11.9. The van der Waals surface area contributed by atoms with Gasteiger partial charge in [0.05, 0.1) is 0 Å². The Bertz CT molecular complexity index is 859. The van der Waals surface area contributed by atoms with Crippen molar-refractivity contribution in [3.63, 3.8) is 0 Å². The maximum Gasteiger partial charge on any atom is 0.163 e. The van der Waals surface area contributed by atoms with E-state index >= 15 is 0 Å². The van der Waals surface area contributed by atoms with Gasteiger partial charge in [0.15, 0.2) is 5.65 Å². The topological polar surface area (TPSA) is 47.3 Å². The van der Waals surface area contributed by atoms with Crippen molar-refractivity contribution < 1.29 is 4.79 Å². The molecule has 2 heterocycles. The molecule has 0 spiro atoms. The fraction of sp³-hybridized carbons (Fsp3) is 0.0625. The Morgan fingerprint density at radius 1 is 1.35 bits per heavy atom. The zero-order valence-corrected chi connectivity index (χ0v) is 11.1. The molecule has 98 valence electrons. The molecule has 0 atom stereocenters. The summed E-state index contributed by atoms with van der Waals surface area (Å²) in [6.45, 7) is 5.81. The van der Waals surface area contributed by atoms with E-state index < -0.39 is 0 Å². The van der Waals surface area contributed by atoms with E-state index in [0.717, 1.165) is 33.8 Å². The first-order valence-electron chi connectivity index (χ1n) is 6.29. The van der Waals surface area contributed by atoms with Crippen LogP contribution in [0.2, 0.25) is 0 Å². The lowest BCUT2D eigenvalue weighted by Gasteiger charge is -2.09. The van der Waals surface area contributed by atoms with Crippen molar-refractivity contribution in [1.29, 1.82) is 0 Å². The van der Waals surface area contributed by atoms with E-state index in [-0.39, 0.29) is 0 Å². The van der Waals surface area contributed by atoms with Gasteiger partial charge in [-0.25, -0.2) is 9.50 Å². The van der Waals surface area contributed by atoms with Crippen LogP contribution in [0.15, 0.2) is 49.5 Å². The van der Waals surface area contributed by atoms with Crippen molar-refractivity contribution in [3.8, 4) is 0 Å². The van der Waals surface area contributed by atoms with Crippen LogP contribution in [-0.2, 0) is 0 Å². The van der Waals surface area contributed by atoms with Gasteiger partial charge < -0.3 is 0 Å². The van der Waals surface area contributed by atoms with Crippen LogP contribution >= 0.6 is 0 Å². The number of allylic oxidation sites excluding steroid dienone is 3. The molecule has 0 unspecified atom stereocenters. The Balaban J connectivity index is 2.50. The molecule has 0 aliphatic heterocycles. The maximum atomic E-state index is 11.0. The van der Waals surface area contributed by atoms with Gasteiger partial charge in [-0.05, 0) is 23.9 Å². The first-order valence-corrected chi connectivity index (χ1v) is 6.29. The van der Waals surface area contributed by atoms with Crippen LogP contribution < -0.4 is 0 Å². The van der Waals surface area contributed by atoms with Gasteiger partial charge in [0.1, 0.15) is 12.6 Å². The van der Waals surface area contributed by atoms with Gasteiger partial charge in [0.25, 0.3) is 0 Å². The summed E-state index contributed by atoms with van der Waals surface area (Å²) in [5, 5.41) is 6.13. The predicted molar refractivity (Wildman–Crippen MR) is 79.7 cm³/mol. The number of hydrogen-bond donors (Lipinski definition) is 0. The van der Waals surface area contributed by atoms with Crippen molar-refractivity contribution in [2.24, 2.45) is 0 Å². The highest BCUT2D eigenvalue weighted by Crippen LogP contribution is 2.28. The third-order valence-electron chi connectivity index (χ3n) is 3.38. The molecular formula is C16H13N3O. The van der Waals surface area contributed by atoms with Crippen molar-refractivity contribution in [1.82, 2.24) is 14.6 Å². The highest BCUT2D eigenvalue weighted by Gasteiger charge is 2.10. The largest absolute Gasteiger partial charge is 0.298 e. The fourth-order valence-corrected chi connectivity index (χ4v) is 2.40.